The van der Waals surface area contributed by atoms with Gasteiger partial charge in [-0.25, -0.2) is 0 Å². The number of nitrogens with two attached hydrogens (primary N) is 1. The Kier molecular flexibility index (Phi) is 4.82. The number of methoxy groups -OCH3 is 1. The van der Waals surface area contributed by atoms with Gasteiger partial charge in [-0.15, -0.1) is 0 Å². The topological polar surface area (TPSA) is 44.5 Å². The minimum Gasteiger partial charge on any atom is -0.496 e. The fraction of sp³-hybridized carbons (Fsp3) is 0.222. The molecule has 0 spiro atoms. The van der Waals surface area contributed by atoms with Crippen molar-refractivity contribution in [3.05, 3.63) is 21.1 Å². The van der Waals surface area contributed by atoms with E-state index >= 15 is 0 Å². The predicted molar refractivity (Wildman–Crippen MR) is 70.7 cm³/mol. The number of halogens is 2. The smallest absolute Gasteiger partial charge is 0.138 e. The summed E-state index contributed by atoms with van der Waals surface area (Å²) in [5.41, 5.74) is 5.34. The van der Waals surface area contributed by atoms with Crippen molar-refractivity contribution in [1.29, 1.82) is 0 Å². The summed E-state index contributed by atoms with van der Waals surface area (Å²) in [7, 11) is 1.60. The number of benzene rings is 1. The van der Waals surface area contributed by atoms with Crippen LogP contribution in [0.25, 0.3) is 0 Å². The molecule has 6 heteroatoms. The van der Waals surface area contributed by atoms with E-state index in [9.17, 15) is 0 Å². The van der Waals surface area contributed by atoms with Crippen LogP contribution in [0.15, 0.2) is 21.1 Å². The van der Waals surface area contributed by atoms with Crippen molar-refractivity contribution in [3.8, 4) is 11.5 Å². The fourth-order valence-electron chi connectivity index (χ4n) is 0.926. The largest absolute Gasteiger partial charge is 0.496 e. The van der Waals surface area contributed by atoms with Gasteiger partial charge in [0.1, 0.15) is 23.1 Å². The third-order valence-corrected chi connectivity index (χ3v) is 2.93. The molecule has 15 heavy (non-hydrogen) atoms. The molecule has 0 atom stereocenters. The third-order valence-electron chi connectivity index (χ3n) is 1.58. The molecule has 0 saturated heterocycles. The van der Waals surface area contributed by atoms with E-state index in [1.807, 2.05) is 0 Å². The Morgan fingerprint density at radius 1 is 1.33 bits per heavy atom. The first-order valence-corrected chi connectivity index (χ1v) is 5.98. The van der Waals surface area contributed by atoms with Gasteiger partial charge < -0.3 is 15.2 Å². The molecule has 0 saturated carbocycles. The highest BCUT2D eigenvalue weighted by molar-refractivity contribution is 9.11. The maximum absolute atomic E-state index is 5.38. The number of hydrogen-bond donors (Lipinski definition) is 1. The number of thiocarbonyl (C=S) groups is 1. The fourth-order valence-corrected chi connectivity index (χ4v) is 1.91. The second-order valence-corrected chi connectivity index (χ2v) is 4.91. The van der Waals surface area contributed by atoms with E-state index in [1.165, 1.54) is 0 Å². The highest BCUT2D eigenvalue weighted by atomic mass is 79.9. The molecular weight excluding hydrogens is 346 g/mol. The van der Waals surface area contributed by atoms with Crippen molar-refractivity contribution in [2.75, 3.05) is 13.7 Å². The van der Waals surface area contributed by atoms with E-state index in [0.29, 0.717) is 10.7 Å². The van der Waals surface area contributed by atoms with Gasteiger partial charge in [0, 0.05) is 0 Å². The van der Waals surface area contributed by atoms with Crippen molar-refractivity contribution in [3.63, 3.8) is 0 Å². The quantitative estimate of drug-likeness (QED) is 0.844. The molecule has 0 amide bonds. The normalized spacial score (nSPS) is 9.80. The lowest BCUT2D eigenvalue weighted by atomic mass is 10.3. The van der Waals surface area contributed by atoms with Gasteiger partial charge in [-0.1, -0.05) is 12.2 Å². The zero-order valence-corrected chi connectivity index (χ0v) is 11.9. The molecule has 1 aromatic carbocycles. The van der Waals surface area contributed by atoms with Crippen molar-refractivity contribution >= 4 is 49.1 Å². The maximum atomic E-state index is 5.38. The second kappa shape index (κ2) is 5.67. The first-order chi connectivity index (χ1) is 7.04. The van der Waals surface area contributed by atoms with Gasteiger partial charge in [-0.2, -0.15) is 0 Å². The van der Waals surface area contributed by atoms with Gasteiger partial charge in [0.2, 0.25) is 0 Å². The van der Waals surface area contributed by atoms with Gasteiger partial charge in [0.15, 0.2) is 0 Å². The summed E-state index contributed by atoms with van der Waals surface area (Å²) < 4.78 is 12.1. The monoisotopic (exact) mass is 353 g/mol. The second-order valence-electron chi connectivity index (χ2n) is 2.67. The zero-order valence-electron chi connectivity index (χ0n) is 7.92. The van der Waals surface area contributed by atoms with Crippen molar-refractivity contribution < 1.29 is 9.47 Å². The van der Waals surface area contributed by atoms with Crippen LogP contribution in [0, 0.1) is 0 Å². The molecule has 0 aliphatic heterocycles. The van der Waals surface area contributed by atoms with Crippen LogP contribution in [0.4, 0.5) is 0 Å². The lowest BCUT2D eigenvalue weighted by Gasteiger charge is -2.10. The van der Waals surface area contributed by atoms with Crippen LogP contribution in [0.1, 0.15) is 0 Å². The molecule has 0 aliphatic rings. The molecule has 0 radical (unpaired) electrons. The van der Waals surface area contributed by atoms with Crippen molar-refractivity contribution in [1.82, 2.24) is 0 Å². The van der Waals surface area contributed by atoms with Gasteiger partial charge in [0.05, 0.1) is 16.1 Å². The Morgan fingerprint density at radius 2 is 1.87 bits per heavy atom. The number of hydrogen-bond acceptors (Lipinski definition) is 3. The standard InChI is InChI=1S/C9H9Br2NO2S/c1-13-7-2-6(11)8(3-5(7)10)14-4-9(12)15/h2-3H,4H2,1H3,(H2,12,15). The summed E-state index contributed by atoms with van der Waals surface area (Å²) in [6, 6.07) is 3.60. The van der Waals surface area contributed by atoms with E-state index < -0.39 is 0 Å². The Bertz CT molecular complexity index is 385. The Balaban J connectivity index is 2.90. The highest BCUT2D eigenvalue weighted by Crippen LogP contribution is 2.35. The minimum atomic E-state index is 0.215. The number of ether oxygens (including phenoxy) is 2. The van der Waals surface area contributed by atoms with Gasteiger partial charge >= 0.3 is 0 Å². The van der Waals surface area contributed by atoms with Crippen LogP contribution in [0.3, 0.4) is 0 Å². The molecular formula is C9H9Br2NO2S. The average Bonchev–Trinajstić information content (AvgIpc) is 2.18. The molecule has 2 N–H and O–H groups in total. The molecule has 1 rings (SSSR count). The Labute approximate surface area is 110 Å². The summed E-state index contributed by atoms with van der Waals surface area (Å²) in [6.45, 7) is 0.215. The molecule has 0 bridgehead atoms. The minimum absolute atomic E-state index is 0.215. The lowest BCUT2D eigenvalue weighted by Crippen LogP contribution is -2.17. The SMILES string of the molecule is COc1cc(Br)c(OCC(N)=S)cc1Br. The molecule has 0 heterocycles. The first-order valence-electron chi connectivity index (χ1n) is 3.98. The summed E-state index contributed by atoms with van der Waals surface area (Å²) in [5, 5.41) is 0. The summed E-state index contributed by atoms with van der Waals surface area (Å²) in [5.74, 6) is 1.39. The zero-order chi connectivity index (χ0) is 11.4. The van der Waals surface area contributed by atoms with Crippen LogP contribution in [-0.2, 0) is 0 Å². The molecule has 3 nitrogen and oxygen atoms in total. The van der Waals surface area contributed by atoms with E-state index in [1.54, 1.807) is 19.2 Å². The predicted octanol–water partition coefficient (Wildman–Crippen LogP) is 2.89. The molecule has 82 valence electrons. The van der Waals surface area contributed by atoms with Crippen LogP contribution in [-0.4, -0.2) is 18.7 Å². The summed E-state index contributed by atoms with van der Waals surface area (Å²) in [4.78, 5) is 0.314. The molecule has 0 aliphatic carbocycles. The van der Waals surface area contributed by atoms with Crippen LogP contribution >= 0.6 is 44.1 Å². The highest BCUT2D eigenvalue weighted by Gasteiger charge is 2.08. The molecule has 0 aromatic heterocycles. The van der Waals surface area contributed by atoms with Gasteiger partial charge in [-0.3, -0.25) is 0 Å². The number of rotatable bonds is 4. The lowest BCUT2D eigenvalue weighted by molar-refractivity contribution is 0.371. The Morgan fingerprint density at radius 3 is 2.40 bits per heavy atom. The van der Waals surface area contributed by atoms with E-state index in [4.69, 9.17) is 27.4 Å². The van der Waals surface area contributed by atoms with Crippen LogP contribution in [0.5, 0.6) is 11.5 Å². The van der Waals surface area contributed by atoms with Gasteiger partial charge in [-0.05, 0) is 44.0 Å². The first kappa shape index (κ1) is 12.7. The van der Waals surface area contributed by atoms with Gasteiger partial charge in [0.25, 0.3) is 0 Å². The van der Waals surface area contributed by atoms with Crippen molar-refractivity contribution in [2.45, 2.75) is 0 Å². The average molecular weight is 355 g/mol. The molecule has 1 aromatic rings. The van der Waals surface area contributed by atoms with Crippen LogP contribution < -0.4 is 15.2 Å². The van der Waals surface area contributed by atoms with Crippen LogP contribution in [0.2, 0.25) is 0 Å². The van der Waals surface area contributed by atoms with E-state index in [-0.39, 0.29) is 6.61 Å². The van der Waals surface area contributed by atoms with Crippen molar-refractivity contribution in [2.24, 2.45) is 5.73 Å². The maximum Gasteiger partial charge on any atom is 0.138 e. The summed E-state index contributed by atoms with van der Waals surface area (Å²) in [6.07, 6.45) is 0. The van der Waals surface area contributed by atoms with E-state index in [2.05, 4.69) is 31.9 Å². The van der Waals surface area contributed by atoms with E-state index in [0.717, 1.165) is 14.7 Å². The summed E-state index contributed by atoms with van der Waals surface area (Å²) >= 11 is 11.4. The molecule has 0 fully saturated rings. The molecule has 0 unspecified atom stereocenters. The third kappa shape index (κ3) is 3.62. The Hall–Kier alpha value is -0.330.